The zero-order valence-corrected chi connectivity index (χ0v) is 18.2. The molecule has 0 bridgehead atoms. The van der Waals surface area contributed by atoms with Crippen molar-refractivity contribution in [2.45, 2.75) is 13.0 Å². The molecule has 4 rings (SSSR count). The van der Waals surface area contributed by atoms with Crippen LogP contribution in [-0.4, -0.2) is 54.5 Å². The highest BCUT2D eigenvalue weighted by molar-refractivity contribution is 5.79. The van der Waals surface area contributed by atoms with Gasteiger partial charge in [-0.05, 0) is 46.9 Å². The molecule has 1 unspecified atom stereocenters. The van der Waals surface area contributed by atoms with E-state index in [9.17, 15) is 4.79 Å². The molecule has 160 valence electrons. The third-order valence-corrected chi connectivity index (χ3v) is 5.92. The summed E-state index contributed by atoms with van der Waals surface area (Å²) in [6.07, 6.45) is 4.39. The SMILES string of the molecule is COc1ccc(CN2CCN(C)C(=O)C(Cc3cccc(-c4cccnc4)c3)C2)cc1. The molecule has 2 aromatic carbocycles. The summed E-state index contributed by atoms with van der Waals surface area (Å²) in [5.41, 5.74) is 4.64. The van der Waals surface area contributed by atoms with Crippen LogP contribution in [0.25, 0.3) is 11.1 Å². The van der Waals surface area contributed by atoms with Crippen molar-refractivity contribution in [2.75, 3.05) is 33.8 Å². The van der Waals surface area contributed by atoms with Gasteiger partial charge in [0, 0.05) is 45.6 Å². The fourth-order valence-corrected chi connectivity index (χ4v) is 4.17. The molecule has 1 aromatic heterocycles. The molecule has 0 aliphatic carbocycles. The summed E-state index contributed by atoms with van der Waals surface area (Å²) in [5.74, 6) is 1.03. The molecule has 5 heteroatoms. The van der Waals surface area contributed by atoms with Crippen LogP contribution in [0.4, 0.5) is 0 Å². The summed E-state index contributed by atoms with van der Waals surface area (Å²) in [5, 5.41) is 0. The third-order valence-electron chi connectivity index (χ3n) is 5.92. The number of pyridine rings is 1. The summed E-state index contributed by atoms with van der Waals surface area (Å²) in [6, 6.07) is 20.7. The number of hydrogen-bond donors (Lipinski definition) is 0. The van der Waals surface area contributed by atoms with Crippen LogP contribution in [0.1, 0.15) is 11.1 Å². The van der Waals surface area contributed by atoms with Crippen LogP contribution >= 0.6 is 0 Å². The van der Waals surface area contributed by atoms with Crippen molar-refractivity contribution in [3.05, 3.63) is 84.2 Å². The van der Waals surface area contributed by atoms with Crippen LogP contribution < -0.4 is 4.74 Å². The van der Waals surface area contributed by atoms with Gasteiger partial charge in [0.05, 0.1) is 13.0 Å². The number of ether oxygens (including phenoxy) is 1. The molecule has 1 amide bonds. The molecule has 0 N–H and O–H groups in total. The van der Waals surface area contributed by atoms with Gasteiger partial charge in [-0.1, -0.05) is 42.5 Å². The maximum Gasteiger partial charge on any atom is 0.227 e. The topological polar surface area (TPSA) is 45.7 Å². The molecule has 5 nitrogen and oxygen atoms in total. The number of benzene rings is 2. The number of aromatic nitrogens is 1. The van der Waals surface area contributed by atoms with E-state index in [1.807, 2.05) is 36.3 Å². The van der Waals surface area contributed by atoms with E-state index in [-0.39, 0.29) is 11.8 Å². The lowest BCUT2D eigenvalue weighted by Crippen LogP contribution is -2.34. The average molecular weight is 416 g/mol. The monoisotopic (exact) mass is 415 g/mol. The largest absolute Gasteiger partial charge is 0.497 e. The van der Waals surface area contributed by atoms with Gasteiger partial charge in [-0.2, -0.15) is 0 Å². The average Bonchev–Trinajstić information content (AvgIpc) is 2.94. The highest BCUT2D eigenvalue weighted by Crippen LogP contribution is 2.23. The van der Waals surface area contributed by atoms with E-state index in [2.05, 4.69) is 52.3 Å². The van der Waals surface area contributed by atoms with Gasteiger partial charge in [0.25, 0.3) is 0 Å². The van der Waals surface area contributed by atoms with Crippen LogP contribution in [0.15, 0.2) is 73.1 Å². The van der Waals surface area contributed by atoms with E-state index in [0.717, 1.165) is 49.5 Å². The molecular weight excluding hydrogens is 386 g/mol. The standard InChI is InChI=1S/C26H29N3O2/c1-28-13-14-29(18-20-8-10-25(31-2)11-9-20)19-24(26(28)30)16-21-5-3-6-22(15-21)23-7-4-12-27-17-23/h3-12,15,17,24H,13-14,16,18-19H2,1-2H3. The second kappa shape index (κ2) is 9.75. The molecule has 0 spiro atoms. The van der Waals surface area contributed by atoms with Gasteiger partial charge < -0.3 is 9.64 Å². The number of methoxy groups -OCH3 is 1. The van der Waals surface area contributed by atoms with Crippen molar-refractivity contribution in [3.8, 4) is 16.9 Å². The maximum atomic E-state index is 13.1. The Bertz CT molecular complexity index is 1000. The second-order valence-electron chi connectivity index (χ2n) is 8.19. The Kier molecular flexibility index (Phi) is 6.63. The van der Waals surface area contributed by atoms with Gasteiger partial charge in [0.1, 0.15) is 5.75 Å². The van der Waals surface area contributed by atoms with Gasteiger partial charge in [-0.3, -0.25) is 14.7 Å². The second-order valence-corrected chi connectivity index (χ2v) is 8.19. The molecule has 2 heterocycles. The minimum atomic E-state index is -0.0603. The zero-order valence-electron chi connectivity index (χ0n) is 18.2. The molecule has 1 aliphatic heterocycles. The minimum Gasteiger partial charge on any atom is -0.497 e. The number of carbonyl (C=O) groups excluding carboxylic acids is 1. The Hall–Kier alpha value is -3.18. The third kappa shape index (κ3) is 5.30. The van der Waals surface area contributed by atoms with Gasteiger partial charge in [0.2, 0.25) is 5.91 Å². The van der Waals surface area contributed by atoms with Crippen molar-refractivity contribution in [2.24, 2.45) is 5.92 Å². The van der Waals surface area contributed by atoms with Crippen LogP contribution in [0.2, 0.25) is 0 Å². The first-order chi connectivity index (χ1) is 15.1. The van der Waals surface area contributed by atoms with Crippen molar-refractivity contribution in [1.82, 2.24) is 14.8 Å². The number of nitrogens with zero attached hydrogens (tertiary/aromatic N) is 3. The predicted molar refractivity (Wildman–Crippen MR) is 123 cm³/mol. The Morgan fingerprint density at radius 1 is 1.00 bits per heavy atom. The van der Waals surface area contributed by atoms with Gasteiger partial charge >= 0.3 is 0 Å². The van der Waals surface area contributed by atoms with Gasteiger partial charge in [0.15, 0.2) is 0 Å². The summed E-state index contributed by atoms with van der Waals surface area (Å²) < 4.78 is 5.26. The van der Waals surface area contributed by atoms with E-state index in [1.165, 1.54) is 11.1 Å². The molecule has 31 heavy (non-hydrogen) atoms. The summed E-state index contributed by atoms with van der Waals surface area (Å²) in [4.78, 5) is 21.6. The first kappa shape index (κ1) is 21.1. The highest BCUT2D eigenvalue weighted by Gasteiger charge is 2.28. The molecule has 1 aliphatic rings. The predicted octanol–water partition coefficient (Wildman–Crippen LogP) is 3.89. The van der Waals surface area contributed by atoms with E-state index in [1.54, 1.807) is 13.3 Å². The number of likely N-dealkylation sites (N-methyl/N-ethyl adjacent to an activating group) is 1. The van der Waals surface area contributed by atoms with E-state index in [4.69, 9.17) is 4.74 Å². The van der Waals surface area contributed by atoms with Crippen molar-refractivity contribution in [1.29, 1.82) is 0 Å². The highest BCUT2D eigenvalue weighted by atomic mass is 16.5. The molecule has 1 fully saturated rings. The number of rotatable bonds is 6. The minimum absolute atomic E-state index is 0.0603. The Morgan fingerprint density at radius 2 is 1.81 bits per heavy atom. The van der Waals surface area contributed by atoms with Gasteiger partial charge in [-0.15, -0.1) is 0 Å². The van der Waals surface area contributed by atoms with Crippen molar-refractivity contribution < 1.29 is 9.53 Å². The van der Waals surface area contributed by atoms with Crippen molar-refractivity contribution in [3.63, 3.8) is 0 Å². The van der Waals surface area contributed by atoms with Crippen LogP contribution in [0.5, 0.6) is 5.75 Å². The van der Waals surface area contributed by atoms with Gasteiger partial charge in [-0.25, -0.2) is 0 Å². The van der Waals surface area contributed by atoms with Crippen LogP contribution in [0, 0.1) is 5.92 Å². The number of amides is 1. The quantitative estimate of drug-likeness (QED) is 0.613. The Labute approximate surface area is 184 Å². The molecule has 1 saturated heterocycles. The zero-order chi connectivity index (χ0) is 21.6. The lowest BCUT2D eigenvalue weighted by molar-refractivity contribution is -0.133. The Balaban J connectivity index is 1.49. The maximum absolute atomic E-state index is 13.1. The molecular formula is C26H29N3O2. The summed E-state index contributed by atoms with van der Waals surface area (Å²) >= 11 is 0. The fourth-order valence-electron chi connectivity index (χ4n) is 4.17. The van der Waals surface area contributed by atoms with E-state index >= 15 is 0 Å². The molecule has 0 radical (unpaired) electrons. The van der Waals surface area contributed by atoms with Crippen molar-refractivity contribution >= 4 is 5.91 Å². The Morgan fingerprint density at radius 3 is 2.55 bits per heavy atom. The molecule has 0 saturated carbocycles. The molecule has 1 atom stereocenters. The lowest BCUT2D eigenvalue weighted by Gasteiger charge is -2.23. The van der Waals surface area contributed by atoms with E-state index < -0.39 is 0 Å². The normalized spacial score (nSPS) is 17.4. The number of carbonyl (C=O) groups is 1. The molecule has 3 aromatic rings. The first-order valence-electron chi connectivity index (χ1n) is 10.7. The lowest BCUT2D eigenvalue weighted by atomic mass is 9.95. The summed E-state index contributed by atoms with van der Waals surface area (Å²) in [6.45, 7) is 3.21. The number of hydrogen-bond acceptors (Lipinski definition) is 4. The van der Waals surface area contributed by atoms with E-state index in [0.29, 0.717) is 0 Å². The fraction of sp³-hybridized carbons (Fsp3) is 0.308. The van der Waals surface area contributed by atoms with Crippen LogP contribution in [0.3, 0.4) is 0 Å². The first-order valence-corrected chi connectivity index (χ1v) is 10.7. The summed E-state index contributed by atoms with van der Waals surface area (Å²) in [7, 11) is 3.59. The smallest absolute Gasteiger partial charge is 0.227 e. The van der Waals surface area contributed by atoms with Crippen LogP contribution in [-0.2, 0) is 17.8 Å².